The summed E-state index contributed by atoms with van der Waals surface area (Å²) < 4.78 is 1.81. The Labute approximate surface area is 183 Å². The molecule has 1 aliphatic rings. The van der Waals surface area contributed by atoms with Crippen LogP contribution < -0.4 is 10.6 Å². The van der Waals surface area contributed by atoms with Crippen molar-refractivity contribution in [2.24, 2.45) is 0 Å². The summed E-state index contributed by atoms with van der Waals surface area (Å²) in [6.07, 6.45) is 2.86. The van der Waals surface area contributed by atoms with Gasteiger partial charge in [-0.25, -0.2) is 4.68 Å². The van der Waals surface area contributed by atoms with E-state index in [9.17, 15) is 9.59 Å². The number of anilines is 2. The highest BCUT2D eigenvalue weighted by Gasteiger charge is 2.24. The van der Waals surface area contributed by atoms with E-state index in [0.717, 1.165) is 42.0 Å². The summed E-state index contributed by atoms with van der Waals surface area (Å²) in [6.45, 7) is 0. The van der Waals surface area contributed by atoms with Crippen LogP contribution in [0.3, 0.4) is 0 Å². The van der Waals surface area contributed by atoms with Crippen LogP contribution in [-0.2, 0) is 12.8 Å². The molecule has 0 aliphatic heterocycles. The van der Waals surface area contributed by atoms with Crippen LogP contribution in [0, 0.1) is 0 Å². The molecule has 2 N–H and O–H groups in total. The zero-order chi connectivity index (χ0) is 21.2. The molecule has 2 aromatic heterocycles. The van der Waals surface area contributed by atoms with Crippen LogP contribution in [0.25, 0.3) is 5.69 Å². The van der Waals surface area contributed by atoms with E-state index in [1.807, 2.05) is 46.5 Å². The molecule has 0 radical (unpaired) electrons. The molecular formula is C24H20N4O2S. The summed E-state index contributed by atoms with van der Waals surface area (Å²) >= 11 is 1.37. The molecule has 6 nitrogen and oxygen atoms in total. The summed E-state index contributed by atoms with van der Waals surface area (Å²) in [5, 5.41) is 12.5. The fourth-order valence-corrected chi connectivity index (χ4v) is 4.41. The quantitative estimate of drug-likeness (QED) is 0.473. The van der Waals surface area contributed by atoms with Crippen molar-refractivity contribution in [2.75, 3.05) is 10.6 Å². The van der Waals surface area contributed by atoms with Crippen molar-refractivity contribution in [1.82, 2.24) is 9.78 Å². The van der Waals surface area contributed by atoms with Crippen LogP contribution >= 0.6 is 11.3 Å². The van der Waals surface area contributed by atoms with Gasteiger partial charge < -0.3 is 10.6 Å². The Bertz CT molecular complexity index is 1250. The number of nitrogens with zero attached hydrogens (tertiary/aromatic N) is 2. The van der Waals surface area contributed by atoms with Gasteiger partial charge in [0.2, 0.25) is 0 Å². The van der Waals surface area contributed by atoms with Crippen LogP contribution in [-0.4, -0.2) is 21.6 Å². The van der Waals surface area contributed by atoms with Gasteiger partial charge in [0.05, 0.1) is 16.3 Å². The van der Waals surface area contributed by atoms with E-state index in [4.69, 9.17) is 5.10 Å². The Hall–Kier alpha value is -3.71. The number of benzene rings is 2. The van der Waals surface area contributed by atoms with Crippen molar-refractivity contribution in [3.8, 4) is 5.69 Å². The summed E-state index contributed by atoms with van der Waals surface area (Å²) in [7, 11) is 0. The van der Waals surface area contributed by atoms with E-state index in [-0.39, 0.29) is 11.8 Å². The molecule has 0 saturated carbocycles. The summed E-state index contributed by atoms with van der Waals surface area (Å²) in [5.41, 5.74) is 4.09. The van der Waals surface area contributed by atoms with Crippen LogP contribution in [0.4, 0.5) is 11.5 Å². The van der Waals surface area contributed by atoms with E-state index < -0.39 is 0 Å². The van der Waals surface area contributed by atoms with Gasteiger partial charge in [-0.15, -0.1) is 11.3 Å². The number of nitrogens with one attached hydrogen (secondary N) is 2. The summed E-state index contributed by atoms with van der Waals surface area (Å²) in [6, 6.07) is 20.3. The predicted octanol–water partition coefficient (Wildman–Crippen LogP) is 4.93. The standard InChI is InChI=1S/C24H20N4O2S/c29-23(16-7-4-8-17(15-16)25-24(30)21-13-6-14-31-21)26-22-19-11-5-12-20(19)27-28(22)18-9-2-1-3-10-18/h1-4,6-10,13-15H,5,11-12H2,(H,25,30)(H,26,29). The first kappa shape index (κ1) is 19.3. The minimum absolute atomic E-state index is 0.187. The molecule has 0 spiro atoms. The monoisotopic (exact) mass is 428 g/mol. The second-order valence-corrected chi connectivity index (χ2v) is 8.29. The fourth-order valence-electron chi connectivity index (χ4n) is 3.79. The highest BCUT2D eigenvalue weighted by Crippen LogP contribution is 2.31. The molecule has 7 heteroatoms. The van der Waals surface area contributed by atoms with Gasteiger partial charge in [0, 0.05) is 16.8 Å². The Morgan fingerprint density at radius 1 is 0.903 bits per heavy atom. The molecule has 2 aromatic carbocycles. The maximum atomic E-state index is 13.1. The maximum absolute atomic E-state index is 13.1. The van der Waals surface area contributed by atoms with Gasteiger partial charge in [0.25, 0.3) is 11.8 Å². The predicted molar refractivity (Wildman–Crippen MR) is 122 cm³/mol. The minimum atomic E-state index is -0.237. The molecule has 31 heavy (non-hydrogen) atoms. The van der Waals surface area contributed by atoms with Crippen LogP contribution in [0.2, 0.25) is 0 Å². The van der Waals surface area contributed by atoms with Crippen LogP contribution in [0.15, 0.2) is 72.1 Å². The lowest BCUT2D eigenvalue weighted by Gasteiger charge is -2.12. The molecule has 1 aliphatic carbocycles. The lowest BCUT2D eigenvalue weighted by Crippen LogP contribution is -2.17. The smallest absolute Gasteiger partial charge is 0.265 e. The molecule has 4 aromatic rings. The third-order valence-electron chi connectivity index (χ3n) is 5.27. The van der Waals surface area contributed by atoms with Gasteiger partial charge in [-0.2, -0.15) is 5.10 Å². The van der Waals surface area contributed by atoms with Crippen molar-refractivity contribution in [2.45, 2.75) is 19.3 Å². The normalized spacial score (nSPS) is 12.4. The van der Waals surface area contributed by atoms with Crippen LogP contribution in [0.1, 0.15) is 37.7 Å². The number of fused-ring (bicyclic) bond motifs is 1. The number of hydrogen-bond donors (Lipinski definition) is 2. The van der Waals surface area contributed by atoms with E-state index in [0.29, 0.717) is 16.1 Å². The van der Waals surface area contributed by atoms with Gasteiger partial charge >= 0.3 is 0 Å². The average Bonchev–Trinajstić information content (AvgIpc) is 3.54. The lowest BCUT2D eigenvalue weighted by atomic mass is 10.1. The Kier molecular flexibility index (Phi) is 5.09. The molecule has 5 rings (SSSR count). The minimum Gasteiger partial charge on any atom is -0.321 e. The van der Waals surface area contributed by atoms with Gasteiger partial charge in [0.1, 0.15) is 5.82 Å². The number of aryl methyl sites for hydroxylation is 1. The van der Waals surface area contributed by atoms with E-state index in [1.54, 1.807) is 30.3 Å². The van der Waals surface area contributed by atoms with Crippen molar-refractivity contribution >= 4 is 34.7 Å². The summed E-state index contributed by atoms with van der Waals surface area (Å²) in [4.78, 5) is 26.1. The highest BCUT2D eigenvalue weighted by molar-refractivity contribution is 7.12. The molecule has 154 valence electrons. The van der Waals surface area contributed by atoms with E-state index in [2.05, 4.69) is 10.6 Å². The summed E-state index contributed by atoms with van der Waals surface area (Å²) in [5.74, 6) is 0.295. The number of aromatic nitrogens is 2. The van der Waals surface area contributed by atoms with Gasteiger partial charge in [0.15, 0.2) is 0 Å². The lowest BCUT2D eigenvalue weighted by molar-refractivity contribution is 0.101. The van der Waals surface area contributed by atoms with Gasteiger partial charge in [-0.1, -0.05) is 30.3 Å². The zero-order valence-electron chi connectivity index (χ0n) is 16.7. The SMILES string of the molecule is O=C(Nc1c2c(nn1-c1ccccc1)CCC2)c1cccc(NC(=O)c2cccs2)c1. The largest absolute Gasteiger partial charge is 0.321 e. The number of carbonyl (C=O) groups excluding carboxylic acids is 2. The third kappa shape index (κ3) is 3.87. The fraction of sp³-hybridized carbons (Fsp3) is 0.125. The van der Waals surface area contributed by atoms with Crippen molar-refractivity contribution in [3.05, 3.63) is 93.8 Å². The number of carbonyl (C=O) groups is 2. The van der Waals surface area contributed by atoms with Crippen molar-refractivity contribution < 1.29 is 9.59 Å². The Morgan fingerprint density at radius 2 is 1.77 bits per heavy atom. The molecule has 0 unspecified atom stereocenters. The Morgan fingerprint density at radius 3 is 2.58 bits per heavy atom. The van der Waals surface area contributed by atoms with Crippen molar-refractivity contribution in [3.63, 3.8) is 0 Å². The maximum Gasteiger partial charge on any atom is 0.265 e. The molecule has 2 amide bonds. The molecule has 0 fully saturated rings. The van der Waals surface area contributed by atoms with E-state index in [1.165, 1.54) is 11.3 Å². The number of para-hydroxylation sites is 1. The number of amides is 2. The molecular weight excluding hydrogens is 408 g/mol. The molecule has 0 bridgehead atoms. The van der Waals surface area contributed by atoms with E-state index >= 15 is 0 Å². The number of rotatable bonds is 5. The molecule has 0 atom stereocenters. The molecule has 2 heterocycles. The second-order valence-electron chi connectivity index (χ2n) is 7.34. The first-order valence-electron chi connectivity index (χ1n) is 10.1. The van der Waals surface area contributed by atoms with Crippen molar-refractivity contribution in [1.29, 1.82) is 0 Å². The molecule has 0 saturated heterocycles. The topological polar surface area (TPSA) is 76.0 Å². The second kappa shape index (κ2) is 8.20. The Balaban J connectivity index is 1.41. The number of hydrogen-bond acceptors (Lipinski definition) is 4. The first-order valence-corrected chi connectivity index (χ1v) is 11.0. The average molecular weight is 429 g/mol. The number of thiophene rings is 1. The highest BCUT2D eigenvalue weighted by atomic mass is 32.1. The van der Waals surface area contributed by atoms with Gasteiger partial charge in [-0.3, -0.25) is 9.59 Å². The third-order valence-corrected chi connectivity index (χ3v) is 6.14. The first-order chi connectivity index (χ1) is 15.2. The van der Waals surface area contributed by atoms with Crippen LogP contribution in [0.5, 0.6) is 0 Å². The zero-order valence-corrected chi connectivity index (χ0v) is 17.5. The van der Waals surface area contributed by atoms with Gasteiger partial charge in [-0.05, 0) is 61.0 Å².